The molecule has 0 radical (unpaired) electrons. The number of fused-ring (bicyclic) bond motifs is 4. The van der Waals surface area contributed by atoms with Crippen molar-refractivity contribution in [3.05, 3.63) is 0 Å². The Kier molecular flexibility index (Phi) is 4.67. The van der Waals surface area contributed by atoms with Gasteiger partial charge in [-0.05, 0) is 122 Å². The molecule has 1 N–H and O–H groups in total. The van der Waals surface area contributed by atoms with Crippen LogP contribution in [0.25, 0.3) is 0 Å². The molecule has 0 aromatic carbocycles. The Balaban J connectivity index is 1.24. The molecule has 2 nitrogen and oxygen atoms in total. The van der Waals surface area contributed by atoms with E-state index in [0.29, 0.717) is 34.2 Å². The molecule has 0 aromatic rings. The fourth-order valence-electron chi connectivity index (χ4n) is 11.5. The SMILES string of the molecule is CO[C@@H]1C[C@H]2[C@@H]3CC[C@H]([C@H](C)[C@H]4CC4C(O)C(C)C)[C@@]3(C)CC[C@@H]2[C@@]2(C)CC[C@H]3C[C@]312. The first kappa shape index (κ1) is 21.5. The third kappa shape index (κ3) is 2.59. The van der Waals surface area contributed by atoms with Crippen LogP contribution in [0.2, 0.25) is 0 Å². The fourth-order valence-corrected chi connectivity index (χ4v) is 11.5. The van der Waals surface area contributed by atoms with Crippen LogP contribution < -0.4 is 0 Å². The Bertz CT molecular complexity index is 732. The minimum Gasteiger partial charge on any atom is -0.393 e. The molecule has 6 saturated carbocycles. The predicted molar refractivity (Wildman–Crippen MR) is 125 cm³/mol. The van der Waals surface area contributed by atoms with Gasteiger partial charge in [0.2, 0.25) is 0 Å². The standard InChI is InChI=1S/C29H48O2/c1-16(2)26(30)20-13-19(20)17(3)22-7-8-23-21-14-25(31-6)29-15-18(29)9-12-28(29,5)24(21)10-11-27(22,23)4/h16-26,30H,7-15H2,1-6H3/t17-,18+,19-,20?,21+,22-,23+,24+,25-,26?,27-,28-,29+/m1/s1. The van der Waals surface area contributed by atoms with Gasteiger partial charge in [0.05, 0.1) is 12.2 Å². The topological polar surface area (TPSA) is 29.5 Å². The summed E-state index contributed by atoms with van der Waals surface area (Å²) in [6.07, 6.45) is 13.3. The molecule has 2 heteroatoms. The second-order valence-electron chi connectivity index (χ2n) is 14.1. The molecular formula is C29H48O2. The summed E-state index contributed by atoms with van der Waals surface area (Å²) in [7, 11) is 2.02. The molecule has 0 aromatic heterocycles. The van der Waals surface area contributed by atoms with E-state index >= 15 is 0 Å². The van der Waals surface area contributed by atoms with Gasteiger partial charge in [-0.25, -0.2) is 0 Å². The van der Waals surface area contributed by atoms with Crippen LogP contribution in [0.15, 0.2) is 0 Å². The molecule has 6 rings (SSSR count). The number of ether oxygens (including phenoxy) is 1. The number of rotatable bonds is 5. The second kappa shape index (κ2) is 6.74. The summed E-state index contributed by atoms with van der Waals surface area (Å²) >= 11 is 0. The lowest BCUT2D eigenvalue weighted by Crippen LogP contribution is -2.57. The normalized spacial score (nSPS) is 58.8. The zero-order chi connectivity index (χ0) is 21.9. The van der Waals surface area contributed by atoms with Crippen LogP contribution in [-0.2, 0) is 4.74 Å². The van der Waals surface area contributed by atoms with Crippen molar-refractivity contribution in [3.63, 3.8) is 0 Å². The van der Waals surface area contributed by atoms with E-state index < -0.39 is 0 Å². The molecule has 13 atom stereocenters. The van der Waals surface area contributed by atoms with Crippen LogP contribution in [0.1, 0.15) is 92.4 Å². The first-order valence-electron chi connectivity index (χ1n) is 13.9. The molecule has 31 heavy (non-hydrogen) atoms. The fraction of sp³-hybridized carbons (Fsp3) is 1.00. The van der Waals surface area contributed by atoms with Gasteiger partial charge in [0.15, 0.2) is 0 Å². The third-order valence-electron chi connectivity index (χ3n) is 13.2. The highest BCUT2D eigenvalue weighted by Gasteiger charge is 2.77. The van der Waals surface area contributed by atoms with Crippen LogP contribution in [0.4, 0.5) is 0 Å². The van der Waals surface area contributed by atoms with Crippen molar-refractivity contribution >= 4 is 0 Å². The molecule has 0 aliphatic heterocycles. The Labute approximate surface area is 191 Å². The highest BCUT2D eigenvalue weighted by atomic mass is 16.5. The van der Waals surface area contributed by atoms with Crippen LogP contribution in [0.5, 0.6) is 0 Å². The summed E-state index contributed by atoms with van der Waals surface area (Å²) in [6.45, 7) is 12.3. The van der Waals surface area contributed by atoms with Gasteiger partial charge in [-0.2, -0.15) is 0 Å². The first-order valence-corrected chi connectivity index (χ1v) is 13.9. The number of hydrogen-bond acceptors (Lipinski definition) is 2. The minimum atomic E-state index is -0.0843. The van der Waals surface area contributed by atoms with Crippen LogP contribution >= 0.6 is 0 Å². The van der Waals surface area contributed by atoms with Crippen molar-refractivity contribution < 1.29 is 9.84 Å². The van der Waals surface area contributed by atoms with E-state index in [4.69, 9.17) is 4.74 Å². The van der Waals surface area contributed by atoms with E-state index in [-0.39, 0.29) is 6.10 Å². The quantitative estimate of drug-likeness (QED) is 0.537. The Morgan fingerprint density at radius 3 is 2.35 bits per heavy atom. The van der Waals surface area contributed by atoms with E-state index in [1.54, 1.807) is 0 Å². The largest absolute Gasteiger partial charge is 0.393 e. The Hall–Kier alpha value is -0.0800. The van der Waals surface area contributed by atoms with E-state index in [1.807, 2.05) is 7.11 Å². The van der Waals surface area contributed by atoms with Crippen molar-refractivity contribution in [3.8, 4) is 0 Å². The molecule has 2 unspecified atom stereocenters. The van der Waals surface area contributed by atoms with Gasteiger partial charge in [-0.3, -0.25) is 0 Å². The van der Waals surface area contributed by atoms with E-state index in [1.165, 1.54) is 57.8 Å². The summed E-state index contributed by atoms with van der Waals surface area (Å²) in [5.41, 5.74) is 1.63. The van der Waals surface area contributed by atoms with Crippen molar-refractivity contribution in [2.45, 2.75) is 105 Å². The number of aliphatic hydroxyl groups is 1. The monoisotopic (exact) mass is 428 g/mol. The van der Waals surface area contributed by atoms with Gasteiger partial charge in [0.25, 0.3) is 0 Å². The van der Waals surface area contributed by atoms with Gasteiger partial charge in [0, 0.05) is 12.5 Å². The maximum absolute atomic E-state index is 10.7. The average Bonchev–Trinajstić information content (AvgIpc) is 3.62. The van der Waals surface area contributed by atoms with Crippen molar-refractivity contribution in [2.24, 2.45) is 69.5 Å². The van der Waals surface area contributed by atoms with Gasteiger partial charge in [0.1, 0.15) is 0 Å². The maximum atomic E-state index is 10.7. The molecule has 0 bridgehead atoms. The summed E-state index contributed by atoms with van der Waals surface area (Å²) in [6, 6.07) is 0. The zero-order valence-corrected chi connectivity index (χ0v) is 21.1. The van der Waals surface area contributed by atoms with Crippen molar-refractivity contribution in [2.75, 3.05) is 7.11 Å². The van der Waals surface area contributed by atoms with Crippen LogP contribution in [-0.4, -0.2) is 24.4 Å². The average molecular weight is 429 g/mol. The molecule has 6 aliphatic carbocycles. The van der Waals surface area contributed by atoms with Crippen LogP contribution in [0, 0.1) is 69.5 Å². The van der Waals surface area contributed by atoms with E-state index in [9.17, 15) is 5.11 Å². The molecule has 6 fully saturated rings. The molecule has 0 saturated heterocycles. The Morgan fingerprint density at radius 2 is 1.68 bits per heavy atom. The molecule has 6 aliphatic rings. The molecule has 176 valence electrons. The number of methoxy groups -OCH3 is 1. The smallest absolute Gasteiger partial charge is 0.0638 e. The van der Waals surface area contributed by atoms with Crippen molar-refractivity contribution in [1.82, 2.24) is 0 Å². The predicted octanol–water partition coefficient (Wildman–Crippen LogP) is 6.56. The lowest BCUT2D eigenvalue weighted by atomic mass is 9.45. The molecule has 0 amide bonds. The van der Waals surface area contributed by atoms with Gasteiger partial charge in [-0.1, -0.05) is 34.6 Å². The lowest BCUT2D eigenvalue weighted by Gasteiger charge is -2.61. The Morgan fingerprint density at radius 1 is 0.903 bits per heavy atom. The third-order valence-corrected chi connectivity index (χ3v) is 13.2. The molecule has 0 heterocycles. The van der Waals surface area contributed by atoms with Crippen molar-refractivity contribution in [1.29, 1.82) is 0 Å². The highest BCUT2D eigenvalue weighted by molar-refractivity contribution is 5.26. The summed E-state index contributed by atoms with van der Waals surface area (Å²) in [4.78, 5) is 0. The molecular weight excluding hydrogens is 380 g/mol. The summed E-state index contributed by atoms with van der Waals surface area (Å²) in [5.74, 6) is 7.15. The van der Waals surface area contributed by atoms with Gasteiger partial charge < -0.3 is 9.84 Å². The lowest BCUT2D eigenvalue weighted by molar-refractivity contribution is -0.161. The number of hydrogen-bond donors (Lipinski definition) is 1. The van der Waals surface area contributed by atoms with Gasteiger partial charge >= 0.3 is 0 Å². The van der Waals surface area contributed by atoms with Gasteiger partial charge in [-0.15, -0.1) is 0 Å². The van der Waals surface area contributed by atoms with Crippen LogP contribution in [0.3, 0.4) is 0 Å². The second-order valence-corrected chi connectivity index (χ2v) is 14.1. The molecule has 1 spiro atoms. The summed E-state index contributed by atoms with van der Waals surface area (Å²) in [5, 5.41) is 10.7. The maximum Gasteiger partial charge on any atom is 0.0638 e. The minimum absolute atomic E-state index is 0.0843. The zero-order valence-electron chi connectivity index (χ0n) is 21.1. The highest BCUT2D eigenvalue weighted by Crippen LogP contribution is 2.82. The first-order chi connectivity index (χ1) is 14.7. The van der Waals surface area contributed by atoms with E-state index in [0.717, 1.165) is 41.4 Å². The number of aliphatic hydroxyl groups excluding tert-OH is 1. The summed E-state index contributed by atoms with van der Waals surface area (Å²) < 4.78 is 6.30. The van der Waals surface area contributed by atoms with E-state index in [2.05, 4.69) is 34.6 Å².